The third-order valence-electron chi connectivity index (χ3n) is 4.24. The monoisotopic (exact) mass is 416 g/mol. The number of hydrogen-bond acceptors (Lipinski definition) is 4. The van der Waals surface area contributed by atoms with Gasteiger partial charge < -0.3 is 25.4 Å². The summed E-state index contributed by atoms with van der Waals surface area (Å²) in [6.07, 6.45) is 0.684. The van der Waals surface area contributed by atoms with Crippen LogP contribution in [0.3, 0.4) is 0 Å². The molecule has 0 bridgehead atoms. The fourth-order valence-electron chi connectivity index (χ4n) is 2.76. The third kappa shape index (κ3) is 7.62. The van der Waals surface area contributed by atoms with Gasteiger partial charge in [0.05, 0.1) is 7.11 Å². The molecule has 2 rings (SSSR count). The zero-order chi connectivity index (χ0) is 21.8. The van der Waals surface area contributed by atoms with Gasteiger partial charge in [0.1, 0.15) is 5.82 Å². The molecule has 0 aliphatic rings. The number of amides is 1. The summed E-state index contributed by atoms with van der Waals surface area (Å²) in [6, 6.07) is 12.1. The summed E-state index contributed by atoms with van der Waals surface area (Å²) >= 11 is 0. The lowest BCUT2D eigenvalue weighted by Gasteiger charge is -2.14. The van der Waals surface area contributed by atoms with Crippen LogP contribution in [0.25, 0.3) is 0 Å². The number of methoxy groups -OCH3 is 1. The Kier molecular flexibility index (Phi) is 9.44. The van der Waals surface area contributed by atoms with E-state index < -0.39 is 0 Å². The van der Waals surface area contributed by atoms with Crippen molar-refractivity contribution in [2.75, 3.05) is 33.9 Å². The van der Waals surface area contributed by atoms with Crippen LogP contribution in [-0.4, -0.2) is 45.7 Å². The van der Waals surface area contributed by atoms with Gasteiger partial charge in [-0.2, -0.15) is 0 Å². The summed E-state index contributed by atoms with van der Waals surface area (Å²) in [4.78, 5) is 15.8. The molecule has 0 radical (unpaired) electrons. The number of rotatable bonds is 10. The molecule has 0 fully saturated rings. The van der Waals surface area contributed by atoms with E-state index in [2.05, 4.69) is 20.9 Å². The average molecular weight is 416 g/mol. The van der Waals surface area contributed by atoms with Crippen molar-refractivity contribution in [3.05, 3.63) is 59.4 Å². The predicted molar refractivity (Wildman–Crippen MR) is 115 cm³/mol. The molecule has 2 aromatic rings. The molecule has 0 saturated heterocycles. The Bertz CT molecular complexity index is 858. The van der Waals surface area contributed by atoms with Crippen LogP contribution in [0.1, 0.15) is 18.1 Å². The van der Waals surface area contributed by atoms with Gasteiger partial charge in [-0.1, -0.05) is 18.2 Å². The molecule has 162 valence electrons. The Morgan fingerprint density at radius 2 is 1.90 bits per heavy atom. The molecule has 0 saturated carbocycles. The number of aliphatic imine (C=N–C) groups is 1. The van der Waals surface area contributed by atoms with E-state index in [1.807, 2.05) is 25.1 Å². The van der Waals surface area contributed by atoms with Crippen LogP contribution in [0.2, 0.25) is 0 Å². The van der Waals surface area contributed by atoms with E-state index in [0.717, 1.165) is 11.1 Å². The number of carbonyl (C=O) groups is 1. The van der Waals surface area contributed by atoms with Crippen molar-refractivity contribution in [2.24, 2.45) is 4.99 Å². The van der Waals surface area contributed by atoms with Gasteiger partial charge in [0, 0.05) is 26.7 Å². The fraction of sp³-hybridized carbons (Fsp3) is 0.364. The van der Waals surface area contributed by atoms with E-state index in [4.69, 9.17) is 9.47 Å². The van der Waals surface area contributed by atoms with E-state index in [0.29, 0.717) is 43.5 Å². The largest absolute Gasteiger partial charge is 0.493 e. The highest BCUT2D eigenvalue weighted by Gasteiger charge is 2.09. The van der Waals surface area contributed by atoms with Gasteiger partial charge in [0.2, 0.25) is 0 Å². The maximum Gasteiger partial charge on any atom is 0.257 e. The SMILES string of the molecule is CCNC(=O)COc1ccc(CNC(=NC)NCCc2cccc(F)c2)cc1OC. The molecule has 30 heavy (non-hydrogen) atoms. The number of ether oxygens (including phenoxy) is 2. The van der Waals surface area contributed by atoms with E-state index in [9.17, 15) is 9.18 Å². The van der Waals surface area contributed by atoms with Gasteiger partial charge in [0.25, 0.3) is 5.91 Å². The second kappa shape index (κ2) is 12.3. The van der Waals surface area contributed by atoms with Crippen molar-refractivity contribution in [1.29, 1.82) is 0 Å². The zero-order valence-electron chi connectivity index (χ0n) is 17.6. The Balaban J connectivity index is 1.84. The minimum atomic E-state index is -0.234. The quantitative estimate of drug-likeness (QED) is 0.409. The smallest absolute Gasteiger partial charge is 0.257 e. The van der Waals surface area contributed by atoms with Gasteiger partial charge in [-0.15, -0.1) is 0 Å². The average Bonchev–Trinajstić information content (AvgIpc) is 2.75. The highest BCUT2D eigenvalue weighted by atomic mass is 19.1. The Hall–Kier alpha value is -3.29. The van der Waals surface area contributed by atoms with Crippen LogP contribution < -0.4 is 25.4 Å². The van der Waals surface area contributed by atoms with Crippen molar-refractivity contribution in [2.45, 2.75) is 19.9 Å². The van der Waals surface area contributed by atoms with Crippen molar-refractivity contribution in [3.8, 4) is 11.5 Å². The number of likely N-dealkylation sites (N-methyl/N-ethyl adjacent to an activating group) is 1. The lowest BCUT2D eigenvalue weighted by Crippen LogP contribution is -2.37. The zero-order valence-corrected chi connectivity index (χ0v) is 17.6. The minimum Gasteiger partial charge on any atom is -0.493 e. The highest BCUT2D eigenvalue weighted by Crippen LogP contribution is 2.28. The van der Waals surface area contributed by atoms with Crippen molar-refractivity contribution < 1.29 is 18.7 Å². The normalized spacial score (nSPS) is 11.0. The van der Waals surface area contributed by atoms with Crippen LogP contribution >= 0.6 is 0 Å². The molecule has 2 aromatic carbocycles. The number of nitrogens with one attached hydrogen (secondary N) is 3. The first-order chi connectivity index (χ1) is 14.5. The molecule has 0 heterocycles. The molecule has 0 aliphatic carbocycles. The van der Waals surface area contributed by atoms with Crippen LogP contribution in [-0.2, 0) is 17.8 Å². The Morgan fingerprint density at radius 1 is 1.07 bits per heavy atom. The predicted octanol–water partition coefficient (Wildman–Crippen LogP) is 2.26. The standard InChI is InChI=1S/C22H29FN4O3/c1-4-25-21(28)15-30-19-9-8-17(13-20(19)29-3)14-27-22(24-2)26-11-10-16-6-5-7-18(23)12-16/h5-9,12-13H,4,10-11,14-15H2,1-3H3,(H,25,28)(H2,24,26,27). The highest BCUT2D eigenvalue weighted by molar-refractivity contribution is 5.79. The number of guanidine groups is 1. The number of hydrogen-bond donors (Lipinski definition) is 3. The molecular formula is C22H29FN4O3. The second-order valence-electron chi connectivity index (χ2n) is 6.46. The Morgan fingerprint density at radius 3 is 2.60 bits per heavy atom. The molecule has 1 amide bonds. The lowest BCUT2D eigenvalue weighted by atomic mass is 10.1. The topological polar surface area (TPSA) is 84.0 Å². The summed E-state index contributed by atoms with van der Waals surface area (Å²) in [5.41, 5.74) is 1.89. The van der Waals surface area contributed by atoms with Crippen LogP contribution in [0.5, 0.6) is 11.5 Å². The molecule has 0 spiro atoms. The summed E-state index contributed by atoms with van der Waals surface area (Å²) < 4.78 is 24.1. The number of benzene rings is 2. The minimum absolute atomic E-state index is 0.0658. The molecule has 0 unspecified atom stereocenters. The van der Waals surface area contributed by atoms with Gasteiger partial charge in [0.15, 0.2) is 24.1 Å². The molecule has 3 N–H and O–H groups in total. The third-order valence-corrected chi connectivity index (χ3v) is 4.24. The first-order valence-corrected chi connectivity index (χ1v) is 9.81. The number of nitrogens with zero attached hydrogens (tertiary/aromatic N) is 1. The van der Waals surface area contributed by atoms with Gasteiger partial charge in [-0.25, -0.2) is 4.39 Å². The number of carbonyl (C=O) groups excluding carboxylic acids is 1. The maximum absolute atomic E-state index is 13.2. The van der Waals surface area contributed by atoms with Gasteiger partial charge in [-0.05, 0) is 48.7 Å². The first-order valence-electron chi connectivity index (χ1n) is 9.81. The van der Waals surface area contributed by atoms with Crippen LogP contribution in [0.4, 0.5) is 4.39 Å². The molecule has 0 aromatic heterocycles. The summed E-state index contributed by atoms with van der Waals surface area (Å²) in [7, 11) is 3.24. The maximum atomic E-state index is 13.2. The molecule has 0 atom stereocenters. The summed E-state index contributed by atoms with van der Waals surface area (Å²) in [5.74, 6) is 1.28. The summed E-state index contributed by atoms with van der Waals surface area (Å²) in [6.45, 7) is 3.49. The second-order valence-corrected chi connectivity index (χ2v) is 6.46. The van der Waals surface area contributed by atoms with E-state index >= 15 is 0 Å². The lowest BCUT2D eigenvalue weighted by molar-refractivity contribution is -0.123. The molecule has 0 aliphatic heterocycles. The molecule has 8 heteroatoms. The van der Waals surface area contributed by atoms with E-state index in [1.165, 1.54) is 12.1 Å². The van der Waals surface area contributed by atoms with E-state index in [-0.39, 0.29) is 18.3 Å². The van der Waals surface area contributed by atoms with Crippen molar-refractivity contribution >= 4 is 11.9 Å². The fourth-order valence-corrected chi connectivity index (χ4v) is 2.76. The van der Waals surface area contributed by atoms with Gasteiger partial charge in [-0.3, -0.25) is 9.79 Å². The summed E-state index contributed by atoms with van der Waals surface area (Å²) in [5, 5.41) is 9.11. The Labute approximate surface area is 176 Å². The van der Waals surface area contributed by atoms with Gasteiger partial charge >= 0.3 is 0 Å². The molecular weight excluding hydrogens is 387 g/mol. The van der Waals surface area contributed by atoms with Crippen molar-refractivity contribution in [1.82, 2.24) is 16.0 Å². The van der Waals surface area contributed by atoms with Crippen molar-refractivity contribution in [3.63, 3.8) is 0 Å². The van der Waals surface area contributed by atoms with Crippen LogP contribution in [0.15, 0.2) is 47.5 Å². The molecule has 7 nitrogen and oxygen atoms in total. The number of halogens is 1. The van der Waals surface area contributed by atoms with E-state index in [1.54, 1.807) is 26.3 Å². The first kappa shape index (κ1) is 23.0. The van der Waals surface area contributed by atoms with Crippen LogP contribution in [0, 0.1) is 5.82 Å².